The first-order valence-corrected chi connectivity index (χ1v) is 3.90. The Morgan fingerprint density at radius 3 is 2.57 bits per heavy atom. The Labute approximate surface area is 79.4 Å². The van der Waals surface area contributed by atoms with Crippen molar-refractivity contribution in [1.82, 2.24) is 5.10 Å². The Morgan fingerprint density at radius 2 is 2.14 bits per heavy atom. The SMILES string of the molecule is O=C(O)CC[n+]1ccc(C(=O)O)cn1. The molecule has 0 aliphatic carbocycles. The van der Waals surface area contributed by atoms with Crippen molar-refractivity contribution in [3.8, 4) is 0 Å². The van der Waals surface area contributed by atoms with E-state index < -0.39 is 11.9 Å². The lowest BCUT2D eigenvalue weighted by molar-refractivity contribution is -0.753. The quantitative estimate of drug-likeness (QED) is 0.637. The van der Waals surface area contributed by atoms with Crippen LogP contribution in [0, 0.1) is 0 Å². The smallest absolute Gasteiger partial charge is 0.337 e. The molecule has 0 radical (unpaired) electrons. The van der Waals surface area contributed by atoms with Crippen LogP contribution in [0.5, 0.6) is 0 Å². The van der Waals surface area contributed by atoms with Gasteiger partial charge in [0, 0.05) is 6.07 Å². The van der Waals surface area contributed by atoms with Crippen LogP contribution >= 0.6 is 0 Å². The van der Waals surface area contributed by atoms with Gasteiger partial charge in [0.15, 0.2) is 12.7 Å². The average molecular weight is 197 g/mol. The van der Waals surface area contributed by atoms with E-state index in [0.29, 0.717) is 0 Å². The molecule has 2 N–H and O–H groups in total. The average Bonchev–Trinajstić information content (AvgIpc) is 2.15. The summed E-state index contributed by atoms with van der Waals surface area (Å²) in [6.45, 7) is 0.231. The van der Waals surface area contributed by atoms with Gasteiger partial charge in [0.1, 0.15) is 12.6 Å². The normalized spacial score (nSPS) is 9.71. The van der Waals surface area contributed by atoms with Crippen molar-refractivity contribution in [3.05, 3.63) is 24.0 Å². The molecule has 0 bridgehead atoms. The zero-order valence-electron chi connectivity index (χ0n) is 7.25. The Bertz CT molecular complexity index is 347. The zero-order valence-corrected chi connectivity index (χ0v) is 7.25. The third-order valence-electron chi connectivity index (χ3n) is 1.57. The van der Waals surface area contributed by atoms with Crippen LogP contribution < -0.4 is 4.68 Å². The van der Waals surface area contributed by atoms with E-state index in [1.807, 2.05) is 0 Å². The third kappa shape index (κ3) is 2.81. The second-order valence-corrected chi connectivity index (χ2v) is 2.63. The highest BCUT2D eigenvalue weighted by Gasteiger charge is 2.09. The summed E-state index contributed by atoms with van der Waals surface area (Å²) in [4.78, 5) is 20.6. The Morgan fingerprint density at radius 1 is 1.43 bits per heavy atom. The van der Waals surface area contributed by atoms with E-state index >= 15 is 0 Å². The van der Waals surface area contributed by atoms with Gasteiger partial charge in [-0.2, -0.15) is 0 Å². The molecule has 0 aromatic carbocycles. The van der Waals surface area contributed by atoms with E-state index in [-0.39, 0.29) is 18.5 Å². The number of carboxylic acid groups (broad SMARTS) is 2. The Kier molecular flexibility index (Phi) is 3.11. The minimum atomic E-state index is -1.05. The van der Waals surface area contributed by atoms with Crippen LogP contribution in [-0.4, -0.2) is 27.3 Å². The number of aromatic carboxylic acids is 1. The number of hydrogen-bond acceptors (Lipinski definition) is 3. The topological polar surface area (TPSA) is 91.4 Å². The summed E-state index contributed by atoms with van der Waals surface area (Å²) >= 11 is 0. The number of aryl methyl sites for hydroxylation is 1. The molecule has 6 heteroatoms. The van der Waals surface area contributed by atoms with Crippen LogP contribution in [0.25, 0.3) is 0 Å². The molecule has 0 aliphatic heterocycles. The first-order valence-electron chi connectivity index (χ1n) is 3.90. The molecular formula is C8H9N2O4+. The molecular weight excluding hydrogens is 188 g/mol. The van der Waals surface area contributed by atoms with Gasteiger partial charge in [-0.25, -0.2) is 4.79 Å². The van der Waals surface area contributed by atoms with E-state index in [4.69, 9.17) is 10.2 Å². The van der Waals surface area contributed by atoms with Crippen LogP contribution in [-0.2, 0) is 11.3 Å². The van der Waals surface area contributed by atoms with Crippen molar-refractivity contribution in [3.63, 3.8) is 0 Å². The van der Waals surface area contributed by atoms with Gasteiger partial charge < -0.3 is 10.2 Å². The largest absolute Gasteiger partial charge is 0.481 e. The molecule has 0 unspecified atom stereocenters. The molecule has 1 rings (SSSR count). The highest BCUT2D eigenvalue weighted by molar-refractivity contribution is 5.86. The van der Waals surface area contributed by atoms with E-state index in [1.54, 1.807) is 0 Å². The second-order valence-electron chi connectivity index (χ2n) is 2.63. The Balaban J connectivity index is 2.64. The van der Waals surface area contributed by atoms with Crippen LogP contribution in [0.1, 0.15) is 16.8 Å². The summed E-state index contributed by atoms with van der Waals surface area (Å²) in [6, 6.07) is 1.37. The molecule has 74 valence electrons. The molecule has 0 aliphatic rings. The van der Waals surface area contributed by atoms with Gasteiger partial charge in [-0.1, -0.05) is 4.68 Å². The second kappa shape index (κ2) is 4.31. The third-order valence-corrected chi connectivity index (χ3v) is 1.57. The van der Waals surface area contributed by atoms with Crippen LogP contribution in [0.15, 0.2) is 18.5 Å². The highest BCUT2D eigenvalue weighted by Crippen LogP contribution is 1.91. The molecule has 6 nitrogen and oxygen atoms in total. The number of nitrogens with zero attached hydrogens (tertiary/aromatic N) is 2. The molecule has 1 aromatic heterocycles. The number of carboxylic acids is 2. The van der Waals surface area contributed by atoms with Crippen LogP contribution in [0.3, 0.4) is 0 Å². The lowest BCUT2D eigenvalue weighted by Gasteiger charge is -1.92. The standard InChI is InChI=1S/C8H8N2O4/c11-7(12)2-4-10-3-1-6(5-9-10)8(13)14/h1,3,5H,2,4H2,(H-,11,12,13,14)/p+1. The van der Waals surface area contributed by atoms with Gasteiger partial charge >= 0.3 is 11.9 Å². The van der Waals surface area contributed by atoms with Crippen molar-refractivity contribution in [2.24, 2.45) is 0 Å². The maximum absolute atomic E-state index is 10.4. The maximum atomic E-state index is 10.4. The van der Waals surface area contributed by atoms with Gasteiger partial charge in [-0.15, -0.1) is 0 Å². The number of hydrogen-bond donors (Lipinski definition) is 2. The van der Waals surface area contributed by atoms with Crippen LogP contribution in [0.2, 0.25) is 0 Å². The molecule has 0 saturated carbocycles. The monoisotopic (exact) mass is 197 g/mol. The van der Waals surface area contributed by atoms with Gasteiger partial charge in [-0.3, -0.25) is 4.79 Å². The fourth-order valence-electron chi connectivity index (χ4n) is 0.853. The summed E-state index contributed by atoms with van der Waals surface area (Å²) in [6.07, 6.45) is 2.58. The zero-order chi connectivity index (χ0) is 10.6. The van der Waals surface area contributed by atoms with Crippen LogP contribution in [0.4, 0.5) is 0 Å². The van der Waals surface area contributed by atoms with E-state index in [1.165, 1.54) is 23.1 Å². The van der Waals surface area contributed by atoms with Gasteiger partial charge in [0.25, 0.3) is 0 Å². The molecule has 0 atom stereocenters. The predicted octanol–water partition coefficient (Wildman–Crippen LogP) is -0.458. The minimum absolute atomic E-state index is 0.0376. The molecule has 0 amide bonds. The lowest BCUT2D eigenvalue weighted by Crippen LogP contribution is -2.38. The molecule has 0 fully saturated rings. The molecule has 1 aromatic rings. The van der Waals surface area contributed by atoms with Crippen molar-refractivity contribution in [2.75, 3.05) is 0 Å². The first kappa shape index (κ1) is 10.1. The molecule has 0 spiro atoms. The van der Waals surface area contributed by atoms with Gasteiger partial charge in [-0.05, 0) is 5.10 Å². The number of aromatic nitrogens is 2. The fourth-order valence-corrected chi connectivity index (χ4v) is 0.853. The van der Waals surface area contributed by atoms with Crippen molar-refractivity contribution in [2.45, 2.75) is 13.0 Å². The summed E-state index contributed by atoms with van der Waals surface area (Å²) in [7, 11) is 0. The van der Waals surface area contributed by atoms with E-state index in [2.05, 4.69) is 5.10 Å². The molecule has 0 saturated heterocycles. The summed E-state index contributed by atoms with van der Waals surface area (Å²) in [5.74, 6) is -1.97. The highest BCUT2D eigenvalue weighted by atomic mass is 16.4. The summed E-state index contributed by atoms with van der Waals surface area (Å²) in [5, 5.41) is 20.7. The Hall–Kier alpha value is -1.98. The number of aliphatic carboxylic acids is 1. The van der Waals surface area contributed by atoms with Crippen molar-refractivity contribution >= 4 is 11.9 Å². The van der Waals surface area contributed by atoms with E-state index in [0.717, 1.165) is 0 Å². The maximum Gasteiger partial charge on any atom is 0.337 e. The number of rotatable bonds is 4. The first-order chi connectivity index (χ1) is 6.59. The molecule has 1 heterocycles. The summed E-state index contributed by atoms with van der Waals surface area (Å²) < 4.78 is 1.38. The minimum Gasteiger partial charge on any atom is -0.481 e. The van der Waals surface area contributed by atoms with Gasteiger partial charge in [0.05, 0.1) is 5.56 Å². The van der Waals surface area contributed by atoms with E-state index in [9.17, 15) is 9.59 Å². The van der Waals surface area contributed by atoms with Crippen molar-refractivity contribution in [1.29, 1.82) is 0 Å². The van der Waals surface area contributed by atoms with Crippen molar-refractivity contribution < 1.29 is 24.5 Å². The summed E-state index contributed by atoms with van der Waals surface area (Å²) in [5.41, 5.74) is 0.0802. The fraction of sp³-hybridized carbons (Fsp3) is 0.250. The predicted molar refractivity (Wildman–Crippen MR) is 43.6 cm³/mol. The number of carbonyl (C=O) groups is 2. The lowest BCUT2D eigenvalue weighted by atomic mass is 10.3. The van der Waals surface area contributed by atoms with Gasteiger partial charge in [0.2, 0.25) is 0 Å². The molecule has 14 heavy (non-hydrogen) atoms.